The highest BCUT2D eigenvalue weighted by Gasteiger charge is 2.64. The number of hydrogen-bond acceptors (Lipinski definition) is 4. The zero-order valence-corrected chi connectivity index (χ0v) is 18.2. The number of rotatable bonds is 7. The summed E-state index contributed by atoms with van der Waals surface area (Å²) in [5.41, 5.74) is -3.47. The van der Waals surface area contributed by atoms with Crippen LogP contribution in [0.4, 0.5) is 13.2 Å². The highest BCUT2D eigenvalue weighted by atomic mass is 28.3. The maximum atomic E-state index is 13.8. The Morgan fingerprint density at radius 1 is 1.11 bits per heavy atom. The molecule has 4 nitrogen and oxygen atoms in total. The van der Waals surface area contributed by atoms with Crippen molar-refractivity contribution in [2.24, 2.45) is 0 Å². The predicted molar refractivity (Wildman–Crippen MR) is 103 cm³/mol. The summed E-state index contributed by atoms with van der Waals surface area (Å²) in [4.78, 5) is 12.5. The van der Waals surface area contributed by atoms with Gasteiger partial charge in [-0.05, 0) is 11.1 Å². The highest BCUT2D eigenvalue weighted by Crippen LogP contribution is 2.45. The summed E-state index contributed by atoms with van der Waals surface area (Å²) >= 11 is 0. The van der Waals surface area contributed by atoms with Crippen LogP contribution in [-0.4, -0.2) is 46.1 Å². The molecule has 1 saturated heterocycles. The van der Waals surface area contributed by atoms with E-state index >= 15 is 0 Å². The Kier molecular flexibility index (Phi) is 6.38. The normalized spacial score (nSPS) is 22.5. The molecule has 3 atom stereocenters. The van der Waals surface area contributed by atoms with Crippen molar-refractivity contribution in [2.45, 2.75) is 68.9 Å². The van der Waals surface area contributed by atoms with Crippen LogP contribution in [0.15, 0.2) is 30.3 Å². The number of alkyl halides is 3. The van der Waals surface area contributed by atoms with Crippen molar-refractivity contribution in [3.8, 4) is 0 Å². The number of halogens is 3. The number of benzene rings is 1. The largest absolute Gasteiger partial charge is 0.460 e. The van der Waals surface area contributed by atoms with E-state index in [1.807, 2.05) is 0 Å². The van der Waals surface area contributed by atoms with Crippen LogP contribution in [0.1, 0.15) is 26.3 Å². The van der Waals surface area contributed by atoms with Gasteiger partial charge in [-0.15, -0.1) is 0 Å². The predicted octanol–water partition coefficient (Wildman–Crippen LogP) is 4.91. The smallest absolute Gasteiger partial charge is 0.432 e. The average Bonchev–Trinajstić information content (AvgIpc) is 3.30. The van der Waals surface area contributed by atoms with Gasteiger partial charge in [-0.25, -0.2) is 4.79 Å². The molecule has 0 aliphatic carbocycles. The SMILES string of the molecule is CO[C@@](C(=O)OC[C@@H]1O[C@@H]1C[Si](C)(C)C(C)(C)C)(c1ccccc1)C(F)(F)F. The minimum absolute atomic E-state index is 0.0757. The fraction of sp³-hybridized carbons (Fsp3) is 0.650. The summed E-state index contributed by atoms with van der Waals surface area (Å²) in [6.07, 6.45) is -5.41. The lowest BCUT2D eigenvalue weighted by atomic mass is 9.93. The molecular formula is C20H29F3O4Si. The van der Waals surface area contributed by atoms with Crippen LogP contribution < -0.4 is 0 Å². The van der Waals surface area contributed by atoms with Crippen molar-refractivity contribution < 1.29 is 32.2 Å². The van der Waals surface area contributed by atoms with Crippen LogP contribution in [-0.2, 0) is 24.6 Å². The molecule has 1 aliphatic rings. The first-order valence-electron chi connectivity index (χ1n) is 9.26. The van der Waals surface area contributed by atoms with E-state index in [1.54, 1.807) is 6.07 Å². The molecule has 1 aromatic carbocycles. The number of methoxy groups -OCH3 is 1. The van der Waals surface area contributed by atoms with Gasteiger partial charge in [0.15, 0.2) is 0 Å². The highest BCUT2D eigenvalue weighted by molar-refractivity contribution is 6.80. The molecule has 1 fully saturated rings. The van der Waals surface area contributed by atoms with Gasteiger partial charge in [-0.3, -0.25) is 0 Å². The zero-order valence-electron chi connectivity index (χ0n) is 17.2. The summed E-state index contributed by atoms with van der Waals surface area (Å²) in [5, 5.41) is 0.176. The molecule has 2 rings (SSSR count). The second-order valence-electron chi connectivity index (χ2n) is 8.90. The quantitative estimate of drug-likeness (QED) is 0.359. The summed E-state index contributed by atoms with van der Waals surface area (Å²) in [6.45, 7) is 10.9. The van der Waals surface area contributed by atoms with Crippen LogP contribution in [0, 0.1) is 0 Å². The Hall–Kier alpha value is -1.38. The zero-order chi connectivity index (χ0) is 21.4. The van der Waals surface area contributed by atoms with Crippen molar-refractivity contribution in [3.63, 3.8) is 0 Å². The molecule has 0 saturated carbocycles. The Balaban J connectivity index is 2.07. The lowest BCUT2D eigenvalue weighted by Crippen LogP contribution is -2.52. The molecule has 158 valence electrons. The third kappa shape index (κ3) is 4.44. The number of ether oxygens (including phenoxy) is 3. The first kappa shape index (κ1) is 22.9. The van der Waals surface area contributed by atoms with E-state index in [0.29, 0.717) is 0 Å². The third-order valence-corrected chi connectivity index (χ3v) is 11.5. The van der Waals surface area contributed by atoms with Crippen molar-refractivity contribution >= 4 is 14.0 Å². The molecule has 28 heavy (non-hydrogen) atoms. The molecule has 0 spiro atoms. The third-order valence-electron chi connectivity index (χ3n) is 5.98. The minimum Gasteiger partial charge on any atom is -0.460 e. The van der Waals surface area contributed by atoms with Gasteiger partial charge in [-0.2, -0.15) is 13.2 Å². The molecule has 1 aromatic rings. The molecule has 0 aromatic heterocycles. The standard InChI is InChI=1S/C20H29F3O4Si/c1-18(2,3)28(5,6)13-16-15(27-16)12-26-17(24)19(25-4,20(21,22)23)14-10-8-7-9-11-14/h7-11,15-16H,12-13H2,1-6H3/t15-,16+,19+/m0/s1. The van der Waals surface area contributed by atoms with Crippen LogP contribution in [0.5, 0.6) is 0 Å². The van der Waals surface area contributed by atoms with E-state index in [1.165, 1.54) is 24.3 Å². The molecule has 0 amide bonds. The molecule has 0 radical (unpaired) electrons. The van der Waals surface area contributed by atoms with Crippen molar-refractivity contribution in [1.82, 2.24) is 0 Å². The summed E-state index contributed by atoms with van der Waals surface area (Å²) in [5.74, 6) is -1.48. The second-order valence-corrected chi connectivity index (χ2v) is 14.6. The summed E-state index contributed by atoms with van der Waals surface area (Å²) in [6, 6.07) is 7.67. The molecular weight excluding hydrogens is 389 g/mol. The number of carbonyl (C=O) groups excluding carboxylic acids is 1. The number of esters is 1. The average molecular weight is 419 g/mol. The molecule has 1 aliphatic heterocycles. The van der Waals surface area contributed by atoms with Crippen molar-refractivity contribution in [2.75, 3.05) is 13.7 Å². The molecule has 0 unspecified atom stereocenters. The summed E-state index contributed by atoms with van der Waals surface area (Å²) in [7, 11) is -0.743. The van der Waals surface area contributed by atoms with Gasteiger partial charge in [0.05, 0.1) is 14.2 Å². The fourth-order valence-corrected chi connectivity index (χ4v) is 4.94. The fourth-order valence-electron chi connectivity index (χ4n) is 2.96. The van der Waals surface area contributed by atoms with Gasteiger partial charge in [-0.1, -0.05) is 64.2 Å². The molecule has 0 N–H and O–H groups in total. The Bertz CT molecular complexity index is 685. The first-order valence-corrected chi connectivity index (χ1v) is 12.5. The van der Waals surface area contributed by atoms with Crippen molar-refractivity contribution in [1.29, 1.82) is 0 Å². The lowest BCUT2D eigenvalue weighted by Gasteiger charge is -2.36. The topological polar surface area (TPSA) is 48.1 Å². The Morgan fingerprint density at radius 3 is 2.14 bits per heavy atom. The van der Waals surface area contributed by atoms with Gasteiger partial charge in [0, 0.05) is 12.7 Å². The van der Waals surface area contributed by atoms with Crippen LogP contribution in [0.2, 0.25) is 24.2 Å². The van der Waals surface area contributed by atoms with Gasteiger partial charge in [0.1, 0.15) is 12.7 Å². The monoisotopic (exact) mass is 418 g/mol. The van der Waals surface area contributed by atoms with E-state index in [9.17, 15) is 18.0 Å². The number of epoxide rings is 1. The molecule has 1 heterocycles. The van der Waals surface area contributed by atoms with Gasteiger partial charge < -0.3 is 14.2 Å². The van der Waals surface area contributed by atoms with Gasteiger partial charge in [0.25, 0.3) is 5.60 Å². The van der Waals surface area contributed by atoms with Crippen LogP contribution >= 0.6 is 0 Å². The number of carbonyl (C=O) groups is 1. The maximum absolute atomic E-state index is 13.8. The van der Waals surface area contributed by atoms with Crippen LogP contribution in [0.25, 0.3) is 0 Å². The van der Waals surface area contributed by atoms with Gasteiger partial charge in [0.2, 0.25) is 0 Å². The number of hydrogen-bond donors (Lipinski definition) is 0. The maximum Gasteiger partial charge on any atom is 0.432 e. The van der Waals surface area contributed by atoms with Gasteiger partial charge >= 0.3 is 12.1 Å². The van der Waals surface area contributed by atoms with Crippen molar-refractivity contribution in [3.05, 3.63) is 35.9 Å². The lowest BCUT2D eigenvalue weighted by molar-refractivity contribution is -0.276. The molecule has 8 heteroatoms. The van der Waals surface area contributed by atoms with E-state index in [0.717, 1.165) is 13.2 Å². The minimum atomic E-state index is -4.97. The Labute approximate surface area is 165 Å². The van der Waals surface area contributed by atoms with E-state index in [-0.39, 0.29) is 29.4 Å². The summed E-state index contributed by atoms with van der Waals surface area (Å²) < 4.78 is 56.8. The van der Waals surface area contributed by atoms with Crippen LogP contribution in [0.3, 0.4) is 0 Å². The second kappa shape index (κ2) is 7.80. The first-order chi connectivity index (χ1) is 12.8. The van der Waals surface area contributed by atoms with E-state index in [4.69, 9.17) is 14.2 Å². The van der Waals surface area contributed by atoms with E-state index in [2.05, 4.69) is 33.9 Å². The molecule has 0 bridgehead atoms. The Morgan fingerprint density at radius 2 is 1.68 bits per heavy atom. The van der Waals surface area contributed by atoms with E-state index < -0.39 is 25.8 Å².